The van der Waals surface area contributed by atoms with Crippen LogP contribution >= 0.6 is 0 Å². The highest BCUT2D eigenvalue weighted by Crippen LogP contribution is 2.63. The number of hydrogen-bond acceptors (Lipinski definition) is 2. The lowest BCUT2D eigenvalue weighted by Crippen LogP contribution is -2.43. The first-order valence-corrected chi connectivity index (χ1v) is 8.26. The quantitative estimate of drug-likeness (QED) is 0.819. The molecule has 21 heavy (non-hydrogen) atoms. The second-order valence-electron chi connectivity index (χ2n) is 7.52. The van der Waals surface area contributed by atoms with Gasteiger partial charge in [0, 0.05) is 23.0 Å². The highest BCUT2D eigenvalue weighted by atomic mass is 16.1. The third-order valence-electron chi connectivity index (χ3n) is 6.17. The van der Waals surface area contributed by atoms with E-state index in [1.165, 1.54) is 5.56 Å². The van der Waals surface area contributed by atoms with E-state index >= 15 is 0 Å². The average molecular weight is 282 g/mol. The van der Waals surface area contributed by atoms with Gasteiger partial charge in [0.05, 0.1) is 0 Å². The van der Waals surface area contributed by atoms with E-state index in [0.717, 1.165) is 32.1 Å². The van der Waals surface area contributed by atoms with Crippen molar-refractivity contribution in [2.24, 2.45) is 23.2 Å². The molecule has 2 heteroatoms. The minimum atomic E-state index is -0.0479. The first-order valence-electron chi connectivity index (χ1n) is 8.26. The number of carbonyl (C=O) groups excluding carboxylic acids is 2. The minimum Gasteiger partial charge on any atom is -0.294 e. The number of benzene rings is 1. The third-order valence-corrected chi connectivity index (χ3v) is 6.17. The molecule has 3 aliphatic rings. The van der Waals surface area contributed by atoms with Crippen molar-refractivity contribution in [2.45, 2.75) is 46.0 Å². The zero-order valence-electron chi connectivity index (χ0n) is 12.8. The van der Waals surface area contributed by atoms with Gasteiger partial charge in [-0.3, -0.25) is 9.59 Å². The SMILES string of the molecule is CCCc1ccc2c(c1)C(=O)C1C3CCC(C)(C3)C1C2=O. The molecule has 0 amide bonds. The summed E-state index contributed by atoms with van der Waals surface area (Å²) in [7, 11) is 0. The number of aryl methyl sites for hydroxylation is 1. The number of ketones is 2. The fourth-order valence-electron chi connectivity index (χ4n) is 5.26. The van der Waals surface area contributed by atoms with Gasteiger partial charge in [-0.1, -0.05) is 32.4 Å². The third kappa shape index (κ3) is 1.65. The van der Waals surface area contributed by atoms with E-state index in [-0.39, 0.29) is 28.8 Å². The van der Waals surface area contributed by atoms with Crippen LogP contribution in [0.15, 0.2) is 18.2 Å². The van der Waals surface area contributed by atoms with Gasteiger partial charge in [0.2, 0.25) is 0 Å². The number of rotatable bonds is 2. The van der Waals surface area contributed by atoms with E-state index < -0.39 is 0 Å². The van der Waals surface area contributed by atoms with Gasteiger partial charge in [-0.05, 0) is 48.6 Å². The number of Topliss-reactive ketones (excluding diaryl/α,β-unsaturated/α-hetero) is 2. The van der Waals surface area contributed by atoms with Crippen LogP contribution in [0.1, 0.15) is 65.8 Å². The van der Waals surface area contributed by atoms with Crippen molar-refractivity contribution in [2.75, 3.05) is 0 Å². The van der Waals surface area contributed by atoms with Gasteiger partial charge in [0.1, 0.15) is 0 Å². The molecule has 2 bridgehead atoms. The van der Waals surface area contributed by atoms with E-state index in [1.54, 1.807) is 0 Å². The number of hydrogen-bond donors (Lipinski definition) is 0. The molecule has 0 heterocycles. The summed E-state index contributed by atoms with van der Waals surface area (Å²) in [6, 6.07) is 5.93. The van der Waals surface area contributed by atoms with Gasteiger partial charge in [-0.25, -0.2) is 0 Å². The Labute approximate surface area is 125 Å². The number of carbonyl (C=O) groups is 2. The molecule has 2 fully saturated rings. The summed E-state index contributed by atoms with van der Waals surface area (Å²) < 4.78 is 0. The van der Waals surface area contributed by atoms with Crippen LogP contribution in [0.5, 0.6) is 0 Å². The molecule has 0 N–H and O–H groups in total. The van der Waals surface area contributed by atoms with Crippen molar-refractivity contribution >= 4 is 11.6 Å². The van der Waals surface area contributed by atoms with Crippen LogP contribution in [0.3, 0.4) is 0 Å². The summed E-state index contributed by atoms with van der Waals surface area (Å²) in [6.07, 6.45) is 5.34. The molecule has 0 saturated heterocycles. The first-order chi connectivity index (χ1) is 10.0. The van der Waals surface area contributed by atoms with E-state index in [0.29, 0.717) is 17.0 Å². The van der Waals surface area contributed by atoms with Crippen LogP contribution in [0.4, 0.5) is 0 Å². The van der Waals surface area contributed by atoms with Gasteiger partial charge >= 0.3 is 0 Å². The molecule has 1 aromatic carbocycles. The molecule has 4 unspecified atom stereocenters. The molecule has 0 radical (unpaired) electrons. The largest absolute Gasteiger partial charge is 0.294 e. The van der Waals surface area contributed by atoms with Crippen LogP contribution in [0, 0.1) is 23.2 Å². The Kier molecular flexibility index (Phi) is 2.70. The van der Waals surface area contributed by atoms with Crippen LogP contribution in [0.2, 0.25) is 0 Å². The molecule has 110 valence electrons. The highest BCUT2D eigenvalue weighted by Gasteiger charge is 2.62. The zero-order chi connectivity index (χ0) is 14.8. The molecule has 1 aromatic rings. The summed E-state index contributed by atoms with van der Waals surface area (Å²) in [5.74, 6) is 0.858. The van der Waals surface area contributed by atoms with Crippen molar-refractivity contribution in [1.29, 1.82) is 0 Å². The summed E-state index contributed by atoms with van der Waals surface area (Å²) >= 11 is 0. The van der Waals surface area contributed by atoms with Crippen molar-refractivity contribution in [3.05, 3.63) is 34.9 Å². The van der Waals surface area contributed by atoms with Gasteiger partial charge < -0.3 is 0 Å². The Morgan fingerprint density at radius 1 is 1.19 bits per heavy atom. The number of fused-ring (bicyclic) bond motifs is 6. The summed E-state index contributed by atoms with van der Waals surface area (Å²) in [4.78, 5) is 25.9. The smallest absolute Gasteiger partial charge is 0.167 e. The summed E-state index contributed by atoms with van der Waals surface area (Å²) in [5.41, 5.74) is 2.66. The molecular formula is C19H22O2. The maximum absolute atomic E-state index is 13.0. The van der Waals surface area contributed by atoms with Crippen molar-refractivity contribution < 1.29 is 9.59 Å². The molecule has 0 aromatic heterocycles. The highest BCUT2D eigenvalue weighted by molar-refractivity contribution is 6.16. The Bertz CT molecular complexity index is 645. The maximum atomic E-state index is 13.0. The maximum Gasteiger partial charge on any atom is 0.167 e. The standard InChI is InChI=1S/C19H22O2/c1-3-4-11-5-6-13-14(9-11)17(20)15-12-7-8-19(2,10-12)16(15)18(13)21/h5-6,9,12,15-16H,3-4,7-8,10H2,1-2H3. The van der Waals surface area contributed by atoms with Crippen molar-refractivity contribution in [3.63, 3.8) is 0 Å². The second kappa shape index (κ2) is 4.28. The molecule has 0 aliphatic heterocycles. The molecule has 4 rings (SSSR count). The van der Waals surface area contributed by atoms with Gasteiger partial charge in [0.25, 0.3) is 0 Å². The van der Waals surface area contributed by atoms with Gasteiger partial charge in [-0.15, -0.1) is 0 Å². The van der Waals surface area contributed by atoms with E-state index in [2.05, 4.69) is 13.8 Å². The normalized spacial score (nSPS) is 36.8. The van der Waals surface area contributed by atoms with Crippen LogP contribution in [-0.4, -0.2) is 11.6 Å². The van der Waals surface area contributed by atoms with Gasteiger partial charge in [0.15, 0.2) is 11.6 Å². The van der Waals surface area contributed by atoms with Crippen LogP contribution in [-0.2, 0) is 6.42 Å². The molecule has 2 saturated carbocycles. The topological polar surface area (TPSA) is 34.1 Å². The molecule has 2 nitrogen and oxygen atoms in total. The fraction of sp³-hybridized carbons (Fsp3) is 0.579. The van der Waals surface area contributed by atoms with E-state index in [1.807, 2.05) is 18.2 Å². The first kappa shape index (κ1) is 13.2. The van der Waals surface area contributed by atoms with Gasteiger partial charge in [-0.2, -0.15) is 0 Å². The predicted octanol–water partition coefficient (Wildman–Crippen LogP) is 4.07. The molecule has 0 spiro atoms. The molecule has 3 aliphatic carbocycles. The second-order valence-corrected chi connectivity index (χ2v) is 7.52. The zero-order valence-corrected chi connectivity index (χ0v) is 12.8. The predicted molar refractivity (Wildman–Crippen MR) is 81.5 cm³/mol. The van der Waals surface area contributed by atoms with E-state index in [9.17, 15) is 9.59 Å². The Hall–Kier alpha value is -1.44. The summed E-state index contributed by atoms with van der Waals surface area (Å²) in [6.45, 7) is 4.36. The van der Waals surface area contributed by atoms with Crippen LogP contribution < -0.4 is 0 Å². The van der Waals surface area contributed by atoms with Crippen molar-refractivity contribution in [3.8, 4) is 0 Å². The van der Waals surface area contributed by atoms with Crippen LogP contribution in [0.25, 0.3) is 0 Å². The fourth-order valence-corrected chi connectivity index (χ4v) is 5.26. The minimum absolute atomic E-state index is 0.0272. The Balaban J connectivity index is 1.83. The lowest BCUT2D eigenvalue weighted by atomic mass is 9.62. The van der Waals surface area contributed by atoms with E-state index in [4.69, 9.17) is 0 Å². The average Bonchev–Trinajstić information content (AvgIpc) is 2.98. The summed E-state index contributed by atoms with van der Waals surface area (Å²) in [5, 5.41) is 0. The Morgan fingerprint density at radius 2 is 2.00 bits per heavy atom. The molecular weight excluding hydrogens is 260 g/mol. The molecule has 4 atom stereocenters. The van der Waals surface area contributed by atoms with Crippen molar-refractivity contribution in [1.82, 2.24) is 0 Å². The Morgan fingerprint density at radius 3 is 2.76 bits per heavy atom. The monoisotopic (exact) mass is 282 g/mol. The lowest BCUT2D eigenvalue weighted by Gasteiger charge is -2.38. The lowest BCUT2D eigenvalue weighted by molar-refractivity contribution is 0.0572.